The molecule has 2 aliphatic heterocycles. The number of ether oxygens (including phenoxy) is 4. The predicted molar refractivity (Wildman–Crippen MR) is 102 cm³/mol. The molecule has 2 aromatic carbocycles. The third-order valence-electron chi connectivity index (χ3n) is 5.02. The van der Waals surface area contributed by atoms with Crippen LogP contribution in [-0.4, -0.2) is 24.1 Å². The lowest BCUT2D eigenvalue weighted by Gasteiger charge is -2.24. The maximum Gasteiger partial charge on any atom is 0.244 e. The number of aromatic amines is 1. The van der Waals surface area contributed by atoms with Crippen molar-refractivity contribution in [3.05, 3.63) is 65.0 Å². The predicted octanol–water partition coefficient (Wildman–Crippen LogP) is 3.03. The number of fused-ring (bicyclic) bond motifs is 2. The van der Waals surface area contributed by atoms with Crippen molar-refractivity contribution in [1.82, 2.24) is 10.2 Å². The van der Waals surface area contributed by atoms with Crippen LogP contribution in [0.4, 0.5) is 0 Å². The first kappa shape index (κ1) is 17.0. The van der Waals surface area contributed by atoms with E-state index in [2.05, 4.69) is 16.3 Å². The summed E-state index contributed by atoms with van der Waals surface area (Å²) >= 11 is 0. The van der Waals surface area contributed by atoms with Crippen LogP contribution in [0.3, 0.4) is 0 Å². The zero-order valence-corrected chi connectivity index (χ0v) is 15.4. The minimum Gasteiger partial charge on any atom is -0.493 e. The number of benzene rings is 2. The summed E-state index contributed by atoms with van der Waals surface area (Å²) in [5, 5.41) is 17.2. The third kappa shape index (κ3) is 2.56. The lowest BCUT2D eigenvalue weighted by atomic mass is 9.82. The fourth-order valence-corrected chi connectivity index (χ4v) is 3.72. The van der Waals surface area contributed by atoms with E-state index in [4.69, 9.17) is 24.7 Å². The van der Waals surface area contributed by atoms with Gasteiger partial charge in [0.15, 0.2) is 11.5 Å². The molecule has 29 heavy (non-hydrogen) atoms. The second kappa shape index (κ2) is 6.49. The number of nitrogens with one attached hydrogen (secondary N) is 1. The van der Waals surface area contributed by atoms with Crippen molar-refractivity contribution in [2.45, 2.75) is 5.92 Å². The molecule has 0 spiro atoms. The van der Waals surface area contributed by atoms with Crippen molar-refractivity contribution in [2.24, 2.45) is 5.73 Å². The molecule has 3 heterocycles. The number of nitriles is 1. The molecule has 0 bridgehead atoms. The number of methoxy groups -OCH3 is 1. The van der Waals surface area contributed by atoms with Gasteiger partial charge in [0.05, 0.1) is 24.3 Å². The molecule has 0 aliphatic carbocycles. The normalized spacial score (nSPS) is 16.8. The van der Waals surface area contributed by atoms with Crippen molar-refractivity contribution in [3.8, 4) is 40.5 Å². The molecule has 1 unspecified atom stereocenters. The van der Waals surface area contributed by atoms with Gasteiger partial charge in [-0.15, -0.1) is 5.10 Å². The molecule has 2 aliphatic rings. The monoisotopic (exact) mass is 388 g/mol. The van der Waals surface area contributed by atoms with Crippen LogP contribution in [0.2, 0.25) is 0 Å². The Morgan fingerprint density at radius 1 is 1.24 bits per heavy atom. The highest BCUT2D eigenvalue weighted by Crippen LogP contribution is 2.50. The summed E-state index contributed by atoms with van der Waals surface area (Å²) < 4.78 is 22.2. The van der Waals surface area contributed by atoms with Crippen LogP contribution in [-0.2, 0) is 0 Å². The Morgan fingerprint density at radius 2 is 2.07 bits per heavy atom. The minimum absolute atomic E-state index is 0.0211. The van der Waals surface area contributed by atoms with Crippen LogP contribution in [0.15, 0.2) is 53.9 Å². The van der Waals surface area contributed by atoms with Gasteiger partial charge in [-0.1, -0.05) is 30.3 Å². The fraction of sp³-hybridized carbons (Fsp3) is 0.143. The molecular formula is C21H16N4O4. The second-order valence-electron chi connectivity index (χ2n) is 6.57. The van der Waals surface area contributed by atoms with E-state index in [9.17, 15) is 5.26 Å². The molecular weight excluding hydrogens is 372 g/mol. The second-order valence-corrected chi connectivity index (χ2v) is 6.57. The number of hydrogen-bond donors (Lipinski definition) is 2. The Hall–Kier alpha value is -4.12. The van der Waals surface area contributed by atoms with Gasteiger partial charge in [-0.25, -0.2) is 0 Å². The van der Waals surface area contributed by atoms with Crippen molar-refractivity contribution < 1.29 is 18.9 Å². The average Bonchev–Trinajstić information content (AvgIpc) is 3.39. The molecule has 0 radical (unpaired) electrons. The summed E-state index contributed by atoms with van der Waals surface area (Å²) in [6, 6.07) is 15.5. The fourth-order valence-electron chi connectivity index (χ4n) is 3.72. The number of H-pyrrole nitrogens is 1. The lowest BCUT2D eigenvalue weighted by Crippen LogP contribution is -2.21. The van der Waals surface area contributed by atoms with E-state index in [1.54, 1.807) is 7.11 Å². The van der Waals surface area contributed by atoms with Gasteiger partial charge >= 0.3 is 0 Å². The first-order chi connectivity index (χ1) is 14.2. The average molecular weight is 388 g/mol. The Morgan fingerprint density at radius 3 is 2.83 bits per heavy atom. The summed E-state index contributed by atoms with van der Waals surface area (Å²) in [5.74, 6) is 1.45. The van der Waals surface area contributed by atoms with Gasteiger partial charge in [0.2, 0.25) is 24.3 Å². The molecule has 0 saturated carbocycles. The van der Waals surface area contributed by atoms with E-state index in [-0.39, 0.29) is 18.2 Å². The van der Waals surface area contributed by atoms with Crippen LogP contribution in [0, 0.1) is 11.3 Å². The number of nitrogens with zero attached hydrogens (tertiary/aromatic N) is 2. The van der Waals surface area contributed by atoms with Gasteiger partial charge in [-0.3, -0.25) is 5.10 Å². The molecule has 5 rings (SSSR count). The topological polar surface area (TPSA) is 115 Å². The van der Waals surface area contributed by atoms with Crippen molar-refractivity contribution in [3.63, 3.8) is 0 Å². The van der Waals surface area contributed by atoms with E-state index in [1.165, 1.54) is 0 Å². The maximum atomic E-state index is 9.85. The summed E-state index contributed by atoms with van der Waals surface area (Å²) in [4.78, 5) is 0. The smallest absolute Gasteiger partial charge is 0.244 e. The molecule has 144 valence electrons. The molecule has 0 amide bonds. The summed E-state index contributed by atoms with van der Waals surface area (Å²) in [6.45, 7) is 0.109. The van der Waals surface area contributed by atoms with Crippen LogP contribution < -0.4 is 24.7 Å². The third-order valence-corrected chi connectivity index (χ3v) is 5.02. The van der Waals surface area contributed by atoms with Crippen LogP contribution in [0.5, 0.6) is 23.1 Å². The molecule has 0 saturated heterocycles. The highest BCUT2D eigenvalue weighted by molar-refractivity contribution is 5.71. The van der Waals surface area contributed by atoms with Crippen LogP contribution in [0.1, 0.15) is 17.0 Å². The van der Waals surface area contributed by atoms with Gasteiger partial charge in [0.25, 0.3) is 0 Å². The van der Waals surface area contributed by atoms with E-state index in [0.717, 1.165) is 22.4 Å². The Bertz CT molecular complexity index is 1180. The van der Waals surface area contributed by atoms with Gasteiger partial charge in [0, 0.05) is 0 Å². The highest BCUT2D eigenvalue weighted by atomic mass is 16.7. The Kier molecular flexibility index (Phi) is 3.81. The van der Waals surface area contributed by atoms with Crippen LogP contribution >= 0.6 is 0 Å². The zero-order valence-electron chi connectivity index (χ0n) is 15.4. The number of allylic oxidation sites excluding steroid dienone is 1. The molecule has 0 fully saturated rings. The zero-order chi connectivity index (χ0) is 20.0. The summed E-state index contributed by atoms with van der Waals surface area (Å²) in [5.41, 5.74) is 9.50. The molecule has 8 nitrogen and oxygen atoms in total. The van der Waals surface area contributed by atoms with Crippen molar-refractivity contribution in [1.29, 1.82) is 5.26 Å². The lowest BCUT2D eigenvalue weighted by molar-refractivity contribution is 0.171. The molecule has 1 atom stereocenters. The van der Waals surface area contributed by atoms with Gasteiger partial charge in [-0.05, 0) is 23.3 Å². The van der Waals surface area contributed by atoms with E-state index >= 15 is 0 Å². The van der Waals surface area contributed by atoms with Crippen molar-refractivity contribution in [2.75, 3.05) is 13.9 Å². The quantitative estimate of drug-likeness (QED) is 0.708. The van der Waals surface area contributed by atoms with Gasteiger partial charge in [-0.2, -0.15) is 5.26 Å². The van der Waals surface area contributed by atoms with E-state index < -0.39 is 5.92 Å². The molecule has 1 aromatic heterocycles. The van der Waals surface area contributed by atoms with Crippen LogP contribution in [0.25, 0.3) is 11.3 Å². The molecule has 3 aromatic rings. The number of nitrogens with two attached hydrogens (primary N) is 1. The van der Waals surface area contributed by atoms with Gasteiger partial charge < -0.3 is 24.7 Å². The Labute approximate surface area is 166 Å². The van der Waals surface area contributed by atoms with E-state index in [1.807, 2.05) is 42.5 Å². The first-order valence-electron chi connectivity index (χ1n) is 8.90. The van der Waals surface area contributed by atoms with E-state index in [0.29, 0.717) is 23.1 Å². The highest BCUT2D eigenvalue weighted by Gasteiger charge is 2.37. The SMILES string of the molecule is COc1cc(C2C(C#N)=C(N)Oc3n[nH]c(-c4ccccc4)c32)cc2c1OCO2. The van der Waals surface area contributed by atoms with Crippen molar-refractivity contribution >= 4 is 0 Å². The number of aromatic nitrogens is 2. The minimum atomic E-state index is -0.513. The number of hydrogen-bond acceptors (Lipinski definition) is 7. The summed E-state index contributed by atoms with van der Waals surface area (Å²) in [7, 11) is 1.55. The first-order valence-corrected chi connectivity index (χ1v) is 8.90. The summed E-state index contributed by atoms with van der Waals surface area (Å²) in [6.07, 6.45) is 0. The largest absolute Gasteiger partial charge is 0.493 e. The maximum absolute atomic E-state index is 9.85. The molecule has 8 heteroatoms. The number of rotatable bonds is 3. The standard InChI is InChI=1S/C21H16N4O4/c1-26-14-7-12(8-15-19(14)28-10-27-15)16-13(9-22)20(23)29-21-17(16)18(24-25-21)11-5-3-2-4-6-11/h2-8,16H,10,23H2,1H3,(H,24,25). The Balaban J connectivity index is 1.75. The molecule has 3 N–H and O–H groups in total. The van der Waals surface area contributed by atoms with Gasteiger partial charge in [0.1, 0.15) is 11.6 Å².